The van der Waals surface area contributed by atoms with Crippen molar-refractivity contribution in [1.82, 2.24) is 0 Å². The lowest BCUT2D eigenvalue weighted by Gasteiger charge is -2.16. The second kappa shape index (κ2) is 37.0. The molecule has 0 rings (SSSR count). The number of carbonyl (C=O) groups is 1. The average Bonchev–Trinajstić information content (AvgIpc) is 3.01. The SMILES string of the molecule is C[Si](C)(C)OCCOCCOCCOCCOCCOCCOCCOCCOCCOCCOCCOCCOCCC(=O)O. The number of aliphatic carboxylic acids is 1. The summed E-state index contributed by atoms with van der Waals surface area (Å²) in [6.07, 6.45) is -0.00225. The first-order valence-electron chi connectivity index (χ1n) is 16.2. The van der Waals surface area contributed by atoms with Crippen LogP contribution in [0.4, 0.5) is 0 Å². The van der Waals surface area contributed by atoms with Crippen LogP contribution in [-0.2, 0) is 66.1 Å². The number of carboxylic acid groups (broad SMARTS) is 1. The van der Waals surface area contributed by atoms with Crippen LogP contribution in [-0.4, -0.2) is 185 Å². The van der Waals surface area contributed by atoms with Crippen LogP contribution in [0.1, 0.15) is 6.42 Å². The number of hydrogen-bond acceptors (Lipinski definition) is 14. The minimum Gasteiger partial charge on any atom is -0.481 e. The van der Waals surface area contributed by atoms with Crippen LogP contribution in [0, 0.1) is 0 Å². The molecule has 0 fully saturated rings. The maximum absolute atomic E-state index is 10.3. The Bertz CT molecular complexity index is 613. The van der Waals surface area contributed by atoms with E-state index < -0.39 is 14.3 Å². The van der Waals surface area contributed by atoms with Crippen LogP contribution >= 0.6 is 0 Å². The molecule has 0 atom stereocenters. The van der Waals surface area contributed by atoms with Gasteiger partial charge in [0.15, 0.2) is 8.32 Å². The molecule has 0 amide bonds. The summed E-state index contributed by atoms with van der Waals surface area (Å²) >= 11 is 0. The first kappa shape index (κ1) is 45.2. The van der Waals surface area contributed by atoms with E-state index in [1.54, 1.807) is 0 Å². The monoisotopic (exact) mass is 690 g/mol. The van der Waals surface area contributed by atoms with Gasteiger partial charge in [0.25, 0.3) is 0 Å². The topological polar surface area (TPSA) is 157 Å². The Morgan fingerprint density at radius 2 is 0.522 bits per heavy atom. The molecule has 0 aromatic heterocycles. The normalized spacial score (nSPS) is 11.9. The third kappa shape index (κ3) is 43.2. The number of hydrogen-bond donors (Lipinski definition) is 1. The van der Waals surface area contributed by atoms with Gasteiger partial charge in [0, 0.05) is 0 Å². The molecule has 15 nitrogen and oxygen atoms in total. The molecule has 0 aromatic rings. The van der Waals surface area contributed by atoms with Crippen molar-refractivity contribution in [2.75, 3.05) is 165 Å². The van der Waals surface area contributed by atoms with E-state index in [1.165, 1.54) is 0 Å². The zero-order valence-electron chi connectivity index (χ0n) is 28.5. The molecule has 0 bridgehead atoms. The van der Waals surface area contributed by atoms with Gasteiger partial charge in [0.1, 0.15) is 0 Å². The molecule has 0 aliphatic carbocycles. The molecule has 1 N–H and O–H groups in total. The highest BCUT2D eigenvalue weighted by atomic mass is 28.4. The van der Waals surface area contributed by atoms with E-state index in [0.29, 0.717) is 159 Å². The smallest absolute Gasteiger partial charge is 0.305 e. The van der Waals surface area contributed by atoms with E-state index in [9.17, 15) is 4.79 Å². The third-order valence-electron chi connectivity index (χ3n) is 5.32. The van der Waals surface area contributed by atoms with Gasteiger partial charge in [-0.25, -0.2) is 0 Å². The summed E-state index contributed by atoms with van der Waals surface area (Å²) in [5.41, 5.74) is 0. The summed E-state index contributed by atoms with van der Waals surface area (Å²) in [7, 11) is -1.46. The predicted molar refractivity (Wildman–Crippen MR) is 171 cm³/mol. The Morgan fingerprint density at radius 3 is 0.696 bits per heavy atom. The van der Waals surface area contributed by atoms with Crippen LogP contribution in [0.3, 0.4) is 0 Å². The fourth-order valence-electron chi connectivity index (χ4n) is 3.09. The van der Waals surface area contributed by atoms with Crippen LogP contribution in [0.15, 0.2) is 0 Å². The molecule has 0 spiro atoms. The van der Waals surface area contributed by atoms with E-state index in [4.69, 9.17) is 66.4 Å². The lowest BCUT2D eigenvalue weighted by Crippen LogP contribution is -2.27. The summed E-state index contributed by atoms with van der Waals surface area (Å²) in [6.45, 7) is 18.7. The minimum atomic E-state index is -1.46. The van der Waals surface area contributed by atoms with Crippen molar-refractivity contribution >= 4 is 14.3 Å². The van der Waals surface area contributed by atoms with Crippen molar-refractivity contribution in [3.63, 3.8) is 0 Å². The second-order valence-electron chi connectivity index (χ2n) is 10.5. The molecule has 0 saturated carbocycles. The Morgan fingerprint density at radius 1 is 0.348 bits per heavy atom. The number of ether oxygens (including phenoxy) is 12. The van der Waals surface area contributed by atoms with Crippen LogP contribution < -0.4 is 0 Å². The standard InChI is InChI=1S/C30H62O15Si/c1-46(2,3)45-29-28-44-27-26-43-25-24-42-23-22-41-21-20-40-19-18-39-17-16-38-15-14-37-13-12-36-11-10-35-9-8-34-7-6-33-5-4-30(31)32/h4-29H2,1-3H3,(H,31,32). The summed E-state index contributed by atoms with van der Waals surface area (Å²) in [4.78, 5) is 10.3. The average molecular weight is 691 g/mol. The molecule has 0 heterocycles. The van der Waals surface area contributed by atoms with Gasteiger partial charge in [-0.05, 0) is 19.6 Å². The zero-order valence-corrected chi connectivity index (χ0v) is 29.5. The van der Waals surface area contributed by atoms with Crippen LogP contribution in [0.2, 0.25) is 19.6 Å². The fourth-order valence-corrected chi connectivity index (χ4v) is 3.78. The summed E-state index contributed by atoms with van der Waals surface area (Å²) < 4.78 is 70.7. The van der Waals surface area contributed by atoms with Gasteiger partial charge in [0.2, 0.25) is 0 Å². The largest absolute Gasteiger partial charge is 0.481 e. The minimum absolute atomic E-state index is 0.00225. The van der Waals surface area contributed by atoms with Crippen molar-refractivity contribution in [2.45, 2.75) is 26.1 Å². The second-order valence-corrected chi connectivity index (χ2v) is 15.0. The number of carboxylic acids is 1. The highest BCUT2D eigenvalue weighted by Gasteiger charge is 2.13. The Labute approximate surface area is 276 Å². The summed E-state index contributed by atoms with van der Waals surface area (Å²) in [6, 6.07) is 0. The molecule has 0 aliphatic heterocycles. The van der Waals surface area contributed by atoms with Crippen LogP contribution in [0.25, 0.3) is 0 Å². The summed E-state index contributed by atoms with van der Waals surface area (Å²) in [5.74, 6) is -0.874. The van der Waals surface area contributed by atoms with Crippen LogP contribution in [0.5, 0.6) is 0 Å². The van der Waals surface area contributed by atoms with Crippen molar-refractivity contribution in [3.05, 3.63) is 0 Å². The third-order valence-corrected chi connectivity index (χ3v) is 6.39. The van der Waals surface area contributed by atoms with Gasteiger partial charge in [-0.3, -0.25) is 4.79 Å². The Balaban J connectivity index is 3.06. The predicted octanol–water partition coefficient (Wildman–Crippen LogP) is 1.51. The molecule has 0 unspecified atom stereocenters. The fraction of sp³-hybridized carbons (Fsp3) is 0.967. The Hall–Kier alpha value is -0.833. The maximum atomic E-state index is 10.3. The molecule has 276 valence electrons. The molecule has 16 heteroatoms. The summed E-state index contributed by atoms with van der Waals surface area (Å²) in [5, 5.41) is 8.49. The van der Waals surface area contributed by atoms with E-state index in [1.807, 2.05) is 0 Å². The molecular formula is C30H62O15Si. The molecule has 0 radical (unpaired) electrons. The highest BCUT2D eigenvalue weighted by molar-refractivity contribution is 6.69. The maximum Gasteiger partial charge on any atom is 0.305 e. The van der Waals surface area contributed by atoms with Crippen molar-refractivity contribution in [2.24, 2.45) is 0 Å². The first-order chi connectivity index (χ1) is 22.4. The van der Waals surface area contributed by atoms with Crippen molar-refractivity contribution < 1.29 is 71.2 Å². The first-order valence-corrected chi connectivity index (χ1v) is 19.6. The van der Waals surface area contributed by atoms with E-state index in [2.05, 4.69) is 19.6 Å². The quantitative estimate of drug-likeness (QED) is 0.0728. The van der Waals surface area contributed by atoms with E-state index in [-0.39, 0.29) is 13.0 Å². The van der Waals surface area contributed by atoms with Gasteiger partial charge in [-0.15, -0.1) is 0 Å². The van der Waals surface area contributed by atoms with Gasteiger partial charge in [0.05, 0.1) is 172 Å². The van der Waals surface area contributed by atoms with Gasteiger partial charge in [-0.2, -0.15) is 0 Å². The van der Waals surface area contributed by atoms with Crippen molar-refractivity contribution in [3.8, 4) is 0 Å². The lowest BCUT2D eigenvalue weighted by molar-refractivity contribution is -0.138. The highest BCUT2D eigenvalue weighted by Crippen LogP contribution is 2.01. The van der Waals surface area contributed by atoms with Gasteiger partial charge in [-0.1, -0.05) is 0 Å². The van der Waals surface area contributed by atoms with Crippen molar-refractivity contribution in [1.29, 1.82) is 0 Å². The van der Waals surface area contributed by atoms with E-state index in [0.717, 1.165) is 0 Å². The zero-order chi connectivity index (χ0) is 33.7. The molecule has 46 heavy (non-hydrogen) atoms. The number of rotatable bonds is 40. The molecule has 0 aliphatic rings. The molecule has 0 saturated heterocycles. The Kier molecular flexibility index (Phi) is 36.3. The van der Waals surface area contributed by atoms with E-state index >= 15 is 0 Å². The lowest BCUT2D eigenvalue weighted by atomic mass is 10.5. The molecule has 0 aromatic carbocycles. The van der Waals surface area contributed by atoms with Gasteiger partial charge >= 0.3 is 5.97 Å². The van der Waals surface area contributed by atoms with Gasteiger partial charge < -0.3 is 66.4 Å². The molecular weight excluding hydrogens is 628 g/mol.